The largest absolute Gasteiger partial charge is 0.416 e. The van der Waals surface area contributed by atoms with Crippen LogP contribution in [0.5, 0.6) is 0 Å². The van der Waals surface area contributed by atoms with E-state index in [0.29, 0.717) is 5.70 Å². The van der Waals surface area contributed by atoms with Gasteiger partial charge in [0.05, 0.1) is 5.56 Å². The van der Waals surface area contributed by atoms with Gasteiger partial charge in [-0.25, -0.2) is 0 Å². The highest BCUT2D eigenvalue weighted by Gasteiger charge is 2.35. The van der Waals surface area contributed by atoms with E-state index >= 15 is 0 Å². The molecule has 1 unspecified atom stereocenters. The van der Waals surface area contributed by atoms with Crippen LogP contribution in [0.15, 0.2) is 36.0 Å². The van der Waals surface area contributed by atoms with Crippen molar-refractivity contribution >= 4 is 5.91 Å². The van der Waals surface area contributed by atoms with E-state index < -0.39 is 23.8 Å². The summed E-state index contributed by atoms with van der Waals surface area (Å²) in [6.45, 7) is 1.63. The summed E-state index contributed by atoms with van der Waals surface area (Å²) in [4.78, 5) is 11.3. The Balaban J connectivity index is 2.40. The van der Waals surface area contributed by atoms with Crippen molar-refractivity contribution < 1.29 is 18.0 Å². The van der Waals surface area contributed by atoms with E-state index in [2.05, 4.69) is 10.6 Å². The number of nitrogens with one attached hydrogen (secondary N) is 2. The number of benzene rings is 1. The minimum absolute atomic E-state index is 0.00537. The quantitative estimate of drug-likeness (QED) is 0.809. The molecule has 0 saturated carbocycles. The Morgan fingerprint density at radius 3 is 2.44 bits per heavy atom. The minimum Gasteiger partial charge on any atom is -0.365 e. The molecule has 1 atom stereocenters. The molecule has 18 heavy (non-hydrogen) atoms. The summed E-state index contributed by atoms with van der Waals surface area (Å²) < 4.78 is 38.5. The highest BCUT2D eigenvalue weighted by Crippen LogP contribution is 2.34. The minimum atomic E-state index is -4.45. The van der Waals surface area contributed by atoms with Crippen molar-refractivity contribution in [2.24, 2.45) is 0 Å². The van der Waals surface area contributed by atoms with Crippen LogP contribution in [-0.4, -0.2) is 5.91 Å². The summed E-state index contributed by atoms with van der Waals surface area (Å²) in [6.07, 6.45) is -4.01. The van der Waals surface area contributed by atoms with Crippen molar-refractivity contribution in [2.75, 3.05) is 0 Å². The summed E-state index contributed by atoms with van der Waals surface area (Å²) in [7, 11) is 0. The molecule has 1 amide bonds. The van der Waals surface area contributed by atoms with Crippen LogP contribution in [0.1, 0.15) is 24.2 Å². The molecule has 2 N–H and O–H groups in total. The van der Waals surface area contributed by atoms with E-state index in [4.69, 9.17) is 0 Å². The Bertz CT molecular complexity index is 508. The zero-order valence-corrected chi connectivity index (χ0v) is 9.51. The van der Waals surface area contributed by atoms with Gasteiger partial charge in [0.1, 0.15) is 6.17 Å². The maximum atomic E-state index is 12.8. The zero-order chi connectivity index (χ0) is 13.3. The third-order valence-electron chi connectivity index (χ3n) is 2.58. The van der Waals surface area contributed by atoms with Gasteiger partial charge in [0.25, 0.3) is 0 Å². The van der Waals surface area contributed by atoms with Crippen LogP contribution in [0.3, 0.4) is 0 Å². The van der Waals surface area contributed by atoms with Crippen LogP contribution in [0.2, 0.25) is 0 Å². The van der Waals surface area contributed by atoms with Gasteiger partial charge in [0.2, 0.25) is 5.91 Å². The van der Waals surface area contributed by atoms with Crippen molar-refractivity contribution in [3.05, 3.63) is 47.2 Å². The lowest BCUT2D eigenvalue weighted by Crippen LogP contribution is -2.41. The molecule has 1 heterocycles. The second-order valence-corrected chi connectivity index (χ2v) is 4.00. The lowest BCUT2D eigenvalue weighted by molar-refractivity contribution is -0.138. The second kappa shape index (κ2) is 4.36. The molecule has 0 radical (unpaired) electrons. The van der Waals surface area contributed by atoms with E-state index in [-0.39, 0.29) is 5.56 Å². The number of hydrogen-bond donors (Lipinski definition) is 2. The molecule has 1 aromatic rings. The average Bonchev–Trinajstić information content (AvgIpc) is 2.26. The molecular formula is C12H11F3N2O. The lowest BCUT2D eigenvalue weighted by atomic mass is 10.0. The monoisotopic (exact) mass is 256 g/mol. The van der Waals surface area contributed by atoms with Gasteiger partial charge in [-0.1, -0.05) is 18.2 Å². The molecule has 3 nitrogen and oxygen atoms in total. The normalized spacial score (nSPS) is 19.9. The van der Waals surface area contributed by atoms with Crippen molar-refractivity contribution in [1.29, 1.82) is 0 Å². The van der Waals surface area contributed by atoms with E-state index in [0.717, 1.165) is 6.07 Å². The van der Waals surface area contributed by atoms with Gasteiger partial charge in [-0.15, -0.1) is 0 Å². The highest BCUT2D eigenvalue weighted by atomic mass is 19.4. The summed E-state index contributed by atoms with van der Waals surface area (Å²) in [5.41, 5.74) is -0.218. The van der Waals surface area contributed by atoms with Crippen LogP contribution >= 0.6 is 0 Å². The first-order valence-electron chi connectivity index (χ1n) is 5.29. The molecule has 6 heteroatoms. The number of halogens is 3. The van der Waals surface area contributed by atoms with Gasteiger partial charge < -0.3 is 10.6 Å². The number of hydrogen-bond acceptors (Lipinski definition) is 2. The van der Waals surface area contributed by atoms with Crippen LogP contribution in [0.4, 0.5) is 13.2 Å². The molecule has 1 aliphatic rings. The smallest absolute Gasteiger partial charge is 0.365 e. The molecule has 0 aliphatic carbocycles. The highest BCUT2D eigenvalue weighted by molar-refractivity contribution is 5.89. The fourth-order valence-corrected chi connectivity index (χ4v) is 1.85. The van der Waals surface area contributed by atoms with E-state index in [1.165, 1.54) is 24.3 Å². The molecular weight excluding hydrogens is 245 g/mol. The molecule has 1 aromatic carbocycles. The van der Waals surface area contributed by atoms with Gasteiger partial charge in [-0.05, 0) is 13.0 Å². The zero-order valence-electron chi connectivity index (χ0n) is 9.51. The van der Waals surface area contributed by atoms with E-state index in [9.17, 15) is 18.0 Å². The fraction of sp³-hybridized carbons (Fsp3) is 0.250. The number of amides is 1. The van der Waals surface area contributed by atoms with Crippen molar-refractivity contribution in [1.82, 2.24) is 10.6 Å². The van der Waals surface area contributed by atoms with Crippen molar-refractivity contribution in [3.8, 4) is 0 Å². The predicted octanol–water partition coefficient (Wildman–Crippen LogP) is 2.33. The number of allylic oxidation sites excluding steroid dienone is 1. The van der Waals surface area contributed by atoms with Crippen LogP contribution in [0, 0.1) is 0 Å². The Kier molecular flexibility index (Phi) is 3.02. The average molecular weight is 256 g/mol. The Hall–Kier alpha value is -1.98. The van der Waals surface area contributed by atoms with Gasteiger partial charge in [-0.3, -0.25) is 4.79 Å². The first kappa shape index (κ1) is 12.5. The summed E-state index contributed by atoms with van der Waals surface area (Å²) in [6, 6.07) is 5.17. The summed E-state index contributed by atoms with van der Waals surface area (Å²) >= 11 is 0. The van der Waals surface area contributed by atoms with Gasteiger partial charge in [-0.2, -0.15) is 13.2 Å². The maximum absolute atomic E-state index is 12.8. The fourth-order valence-electron chi connectivity index (χ4n) is 1.85. The molecule has 96 valence electrons. The van der Waals surface area contributed by atoms with Crippen LogP contribution < -0.4 is 10.6 Å². The summed E-state index contributed by atoms with van der Waals surface area (Å²) in [5, 5.41) is 5.25. The second-order valence-electron chi connectivity index (χ2n) is 4.00. The van der Waals surface area contributed by atoms with Crippen LogP contribution in [0.25, 0.3) is 0 Å². The summed E-state index contributed by atoms with van der Waals surface area (Å²) in [5.74, 6) is -0.409. The first-order chi connectivity index (χ1) is 8.38. The molecule has 0 aromatic heterocycles. The number of carbonyl (C=O) groups is 1. The topological polar surface area (TPSA) is 41.1 Å². The van der Waals surface area contributed by atoms with Crippen molar-refractivity contribution in [3.63, 3.8) is 0 Å². The number of rotatable bonds is 1. The molecule has 2 rings (SSSR count). The molecule has 1 aliphatic heterocycles. The Morgan fingerprint density at radius 2 is 1.83 bits per heavy atom. The van der Waals surface area contributed by atoms with Gasteiger partial charge in [0, 0.05) is 17.3 Å². The Morgan fingerprint density at radius 1 is 1.17 bits per heavy atom. The van der Waals surface area contributed by atoms with Crippen molar-refractivity contribution in [2.45, 2.75) is 19.3 Å². The Labute approximate surface area is 102 Å². The lowest BCUT2D eigenvalue weighted by Gasteiger charge is -2.27. The third kappa shape index (κ3) is 2.47. The maximum Gasteiger partial charge on any atom is 0.416 e. The number of alkyl halides is 3. The van der Waals surface area contributed by atoms with Crippen LogP contribution in [-0.2, 0) is 11.0 Å². The van der Waals surface area contributed by atoms with E-state index in [1.807, 2.05) is 0 Å². The van der Waals surface area contributed by atoms with Gasteiger partial charge >= 0.3 is 6.18 Å². The predicted molar refractivity (Wildman–Crippen MR) is 59.2 cm³/mol. The standard InChI is InChI=1S/C12H11F3N2O/c1-7-6-10(18)17-11(16-7)8-4-2-3-5-9(8)12(13,14)15/h2-6,11,16H,1H3,(H,17,18). The number of carbonyl (C=O) groups excluding carboxylic acids is 1. The molecule has 0 bridgehead atoms. The van der Waals surface area contributed by atoms with E-state index in [1.54, 1.807) is 6.92 Å². The van der Waals surface area contributed by atoms with Gasteiger partial charge in [0.15, 0.2) is 0 Å². The first-order valence-corrected chi connectivity index (χ1v) is 5.29. The SMILES string of the molecule is CC1=CC(=O)NC(c2ccccc2C(F)(F)F)N1. The third-order valence-corrected chi connectivity index (χ3v) is 2.58. The molecule has 0 spiro atoms. The molecule has 0 saturated heterocycles. The molecule has 0 fully saturated rings.